The predicted molar refractivity (Wildman–Crippen MR) is 90.2 cm³/mol. The minimum absolute atomic E-state index is 0.143. The number of aromatic nitrogens is 4. The Kier molecular flexibility index (Phi) is 4.00. The molecule has 0 aliphatic heterocycles. The standard InChI is InChI=1S/C17H21N5O/c1-11-7-5-6-8-13(11)12(2)21(3)10-15-19-16-14(17(23)20-15)9-18-22(16)4/h5-9,12H,10H2,1-4H3,(H,19,20,23)/t12-/m1/s1. The number of hydrogen-bond acceptors (Lipinski definition) is 4. The highest BCUT2D eigenvalue weighted by molar-refractivity contribution is 5.72. The van der Waals surface area contributed by atoms with Crippen LogP contribution in [0.4, 0.5) is 0 Å². The molecule has 1 aromatic carbocycles. The normalized spacial score (nSPS) is 12.9. The maximum absolute atomic E-state index is 12.1. The van der Waals surface area contributed by atoms with E-state index in [2.05, 4.69) is 52.0 Å². The number of aryl methyl sites for hydroxylation is 2. The van der Waals surface area contributed by atoms with E-state index in [1.807, 2.05) is 13.1 Å². The van der Waals surface area contributed by atoms with Crippen molar-refractivity contribution in [1.29, 1.82) is 0 Å². The topological polar surface area (TPSA) is 66.8 Å². The van der Waals surface area contributed by atoms with E-state index in [1.165, 1.54) is 11.1 Å². The number of H-pyrrole nitrogens is 1. The van der Waals surface area contributed by atoms with Gasteiger partial charge in [-0.1, -0.05) is 24.3 Å². The lowest BCUT2D eigenvalue weighted by molar-refractivity contribution is 0.246. The molecule has 0 saturated carbocycles. The Balaban J connectivity index is 1.88. The van der Waals surface area contributed by atoms with Crippen molar-refractivity contribution < 1.29 is 0 Å². The summed E-state index contributed by atoms with van der Waals surface area (Å²) in [6.07, 6.45) is 1.55. The molecule has 0 radical (unpaired) electrons. The summed E-state index contributed by atoms with van der Waals surface area (Å²) in [7, 11) is 3.82. The molecule has 0 amide bonds. The van der Waals surface area contributed by atoms with Crippen LogP contribution in [0.5, 0.6) is 0 Å². The summed E-state index contributed by atoms with van der Waals surface area (Å²) in [6.45, 7) is 4.83. The number of hydrogen-bond donors (Lipinski definition) is 1. The van der Waals surface area contributed by atoms with E-state index < -0.39 is 0 Å². The molecule has 2 heterocycles. The van der Waals surface area contributed by atoms with Crippen molar-refractivity contribution in [3.63, 3.8) is 0 Å². The quantitative estimate of drug-likeness (QED) is 0.802. The zero-order chi connectivity index (χ0) is 16.6. The van der Waals surface area contributed by atoms with Crippen molar-refractivity contribution in [1.82, 2.24) is 24.6 Å². The second kappa shape index (κ2) is 5.96. The fourth-order valence-electron chi connectivity index (χ4n) is 2.82. The molecule has 0 fully saturated rings. The highest BCUT2D eigenvalue weighted by atomic mass is 16.1. The molecule has 3 aromatic rings. The first-order chi connectivity index (χ1) is 11.0. The molecule has 6 nitrogen and oxygen atoms in total. The maximum atomic E-state index is 12.1. The van der Waals surface area contributed by atoms with Crippen LogP contribution < -0.4 is 5.56 Å². The van der Waals surface area contributed by atoms with Crippen LogP contribution in [0.2, 0.25) is 0 Å². The van der Waals surface area contributed by atoms with Gasteiger partial charge in [-0.25, -0.2) is 4.98 Å². The molecular formula is C17H21N5O. The Morgan fingerprint density at radius 1 is 1.35 bits per heavy atom. The zero-order valence-electron chi connectivity index (χ0n) is 13.9. The van der Waals surface area contributed by atoms with Crippen molar-refractivity contribution in [3.8, 4) is 0 Å². The van der Waals surface area contributed by atoms with Gasteiger partial charge < -0.3 is 4.98 Å². The van der Waals surface area contributed by atoms with Gasteiger partial charge in [0.2, 0.25) is 0 Å². The molecule has 6 heteroatoms. The molecule has 3 rings (SSSR count). The number of fused-ring (bicyclic) bond motifs is 1. The Hall–Kier alpha value is -2.47. The van der Waals surface area contributed by atoms with Gasteiger partial charge in [-0.2, -0.15) is 5.10 Å². The van der Waals surface area contributed by atoms with E-state index in [0.29, 0.717) is 23.4 Å². The van der Waals surface area contributed by atoms with Crippen LogP contribution in [0.3, 0.4) is 0 Å². The summed E-state index contributed by atoms with van der Waals surface area (Å²) < 4.78 is 1.62. The third-order valence-corrected chi connectivity index (χ3v) is 4.35. The largest absolute Gasteiger partial charge is 0.309 e. The van der Waals surface area contributed by atoms with Gasteiger partial charge >= 0.3 is 0 Å². The highest BCUT2D eigenvalue weighted by Crippen LogP contribution is 2.23. The molecule has 0 spiro atoms. The third-order valence-electron chi connectivity index (χ3n) is 4.35. The Bertz CT molecular complexity index is 895. The lowest BCUT2D eigenvalue weighted by Crippen LogP contribution is -2.25. The summed E-state index contributed by atoms with van der Waals surface area (Å²) in [5.74, 6) is 0.647. The van der Waals surface area contributed by atoms with E-state index in [1.54, 1.807) is 17.9 Å². The van der Waals surface area contributed by atoms with E-state index in [-0.39, 0.29) is 11.6 Å². The molecule has 1 N–H and O–H groups in total. The van der Waals surface area contributed by atoms with Gasteiger partial charge in [-0.3, -0.25) is 14.4 Å². The van der Waals surface area contributed by atoms with Crippen molar-refractivity contribution in [2.24, 2.45) is 7.05 Å². The second-order valence-corrected chi connectivity index (χ2v) is 5.97. The van der Waals surface area contributed by atoms with Crippen molar-refractivity contribution in [3.05, 3.63) is 57.8 Å². The second-order valence-electron chi connectivity index (χ2n) is 5.97. The number of nitrogens with zero attached hydrogens (tertiary/aromatic N) is 4. The number of nitrogens with one attached hydrogen (secondary N) is 1. The van der Waals surface area contributed by atoms with E-state index >= 15 is 0 Å². The predicted octanol–water partition coefficient (Wildman–Crippen LogP) is 2.16. The Morgan fingerprint density at radius 2 is 2.09 bits per heavy atom. The van der Waals surface area contributed by atoms with Crippen LogP contribution in [0, 0.1) is 6.92 Å². The summed E-state index contributed by atoms with van der Waals surface area (Å²) in [5.41, 5.74) is 3.00. The molecule has 0 unspecified atom stereocenters. The number of benzene rings is 1. The third kappa shape index (κ3) is 2.90. The minimum Gasteiger partial charge on any atom is -0.309 e. The summed E-state index contributed by atoms with van der Waals surface area (Å²) in [4.78, 5) is 21.7. The fourth-order valence-corrected chi connectivity index (χ4v) is 2.82. The average molecular weight is 311 g/mol. The summed E-state index contributed by atoms with van der Waals surface area (Å²) in [6, 6.07) is 8.57. The highest BCUT2D eigenvalue weighted by Gasteiger charge is 2.16. The molecule has 120 valence electrons. The van der Waals surface area contributed by atoms with Crippen LogP contribution in [0.15, 0.2) is 35.3 Å². The van der Waals surface area contributed by atoms with Gasteiger partial charge in [0.15, 0.2) is 5.65 Å². The lowest BCUT2D eigenvalue weighted by atomic mass is 10.0. The first-order valence-electron chi connectivity index (χ1n) is 7.64. The van der Waals surface area contributed by atoms with E-state index in [9.17, 15) is 4.79 Å². The lowest BCUT2D eigenvalue weighted by Gasteiger charge is -2.25. The molecule has 0 saturated heterocycles. The molecule has 2 aromatic heterocycles. The molecule has 0 aliphatic carbocycles. The van der Waals surface area contributed by atoms with Crippen LogP contribution >= 0.6 is 0 Å². The van der Waals surface area contributed by atoms with Crippen LogP contribution in [-0.2, 0) is 13.6 Å². The molecule has 1 atom stereocenters. The van der Waals surface area contributed by atoms with Gasteiger partial charge in [0.05, 0.1) is 12.7 Å². The molecule has 0 aliphatic rings. The van der Waals surface area contributed by atoms with Crippen LogP contribution in [0.1, 0.15) is 29.9 Å². The first kappa shape index (κ1) is 15.4. The van der Waals surface area contributed by atoms with Crippen molar-refractivity contribution >= 4 is 11.0 Å². The van der Waals surface area contributed by atoms with Gasteiger partial charge in [-0.05, 0) is 32.0 Å². The summed E-state index contributed by atoms with van der Waals surface area (Å²) in [5, 5.41) is 4.61. The SMILES string of the molecule is Cc1ccccc1[C@@H](C)N(C)Cc1nc2c(cnn2C)c(=O)[nH]1. The monoisotopic (exact) mass is 311 g/mol. The smallest absolute Gasteiger partial charge is 0.262 e. The van der Waals surface area contributed by atoms with Crippen LogP contribution in [0.25, 0.3) is 11.0 Å². The number of rotatable bonds is 4. The molecule has 23 heavy (non-hydrogen) atoms. The minimum atomic E-state index is -0.143. The Morgan fingerprint density at radius 3 is 2.83 bits per heavy atom. The fraction of sp³-hybridized carbons (Fsp3) is 0.353. The van der Waals surface area contributed by atoms with Crippen molar-refractivity contribution in [2.75, 3.05) is 7.05 Å². The van der Waals surface area contributed by atoms with Crippen molar-refractivity contribution in [2.45, 2.75) is 26.4 Å². The Labute approximate surface area is 134 Å². The van der Waals surface area contributed by atoms with Gasteiger partial charge in [0.1, 0.15) is 11.2 Å². The molecular weight excluding hydrogens is 290 g/mol. The maximum Gasteiger partial charge on any atom is 0.262 e. The zero-order valence-corrected chi connectivity index (χ0v) is 13.9. The molecule has 0 bridgehead atoms. The van der Waals surface area contributed by atoms with Gasteiger partial charge in [0.25, 0.3) is 5.56 Å². The summed E-state index contributed by atoms with van der Waals surface area (Å²) >= 11 is 0. The number of aromatic amines is 1. The van der Waals surface area contributed by atoms with E-state index in [0.717, 1.165) is 0 Å². The first-order valence-corrected chi connectivity index (χ1v) is 7.64. The average Bonchev–Trinajstić information content (AvgIpc) is 2.89. The van der Waals surface area contributed by atoms with Gasteiger partial charge in [0, 0.05) is 13.1 Å². The van der Waals surface area contributed by atoms with Gasteiger partial charge in [-0.15, -0.1) is 0 Å². The van der Waals surface area contributed by atoms with E-state index in [4.69, 9.17) is 0 Å². The van der Waals surface area contributed by atoms with Crippen LogP contribution in [-0.4, -0.2) is 31.7 Å².